The van der Waals surface area contributed by atoms with Gasteiger partial charge in [0.25, 0.3) is 5.91 Å². The first kappa shape index (κ1) is 20.0. The van der Waals surface area contributed by atoms with Gasteiger partial charge in [0.15, 0.2) is 4.80 Å². The number of carboxylic acids is 1. The second-order valence-electron chi connectivity index (χ2n) is 6.70. The highest BCUT2D eigenvalue weighted by atomic mass is 32.1. The Morgan fingerprint density at radius 2 is 1.82 bits per heavy atom. The molecule has 1 atom stereocenters. The van der Waals surface area contributed by atoms with Crippen LogP contribution < -0.4 is 4.80 Å². The number of aromatic nitrogens is 1. The summed E-state index contributed by atoms with van der Waals surface area (Å²) in [5, 5.41) is 9.64. The summed E-state index contributed by atoms with van der Waals surface area (Å²) in [6.07, 6.45) is 3.65. The van der Waals surface area contributed by atoms with Crippen molar-refractivity contribution in [2.45, 2.75) is 45.6 Å². The van der Waals surface area contributed by atoms with Crippen LogP contribution in [0, 0.1) is 0 Å². The van der Waals surface area contributed by atoms with Gasteiger partial charge in [0, 0.05) is 5.56 Å². The Morgan fingerprint density at radius 3 is 2.46 bits per heavy atom. The summed E-state index contributed by atoms with van der Waals surface area (Å²) in [7, 11) is 0. The third-order valence-electron chi connectivity index (χ3n) is 4.73. The quantitative estimate of drug-likeness (QED) is 0.622. The van der Waals surface area contributed by atoms with Gasteiger partial charge in [-0.2, -0.15) is 4.99 Å². The molecule has 0 fully saturated rings. The lowest BCUT2D eigenvalue weighted by atomic mass is 10.1. The summed E-state index contributed by atoms with van der Waals surface area (Å²) < 4.78 is 2.57. The molecule has 5 nitrogen and oxygen atoms in total. The van der Waals surface area contributed by atoms with Crippen LogP contribution in [0.1, 0.15) is 55.1 Å². The number of unbranched alkanes of at least 4 members (excludes halogenated alkanes) is 1. The molecule has 1 unspecified atom stereocenters. The van der Waals surface area contributed by atoms with Gasteiger partial charge < -0.3 is 9.67 Å². The van der Waals surface area contributed by atoms with Gasteiger partial charge >= 0.3 is 5.97 Å². The van der Waals surface area contributed by atoms with Crippen molar-refractivity contribution in [1.82, 2.24) is 4.57 Å². The lowest BCUT2D eigenvalue weighted by Crippen LogP contribution is -2.27. The van der Waals surface area contributed by atoms with E-state index in [0.717, 1.165) is 29.5 Å². The number of para-hydroxylation sites is 1. The molecule has 0 spiro atoms. The molecule has 146 valence electrons. The van der Waals surface area contributed by atoms with E-state index in [4.69, 9.17) is 0 Å². The maximum atomic E-state index is 12.7. The lowest BCUT2D eigenvalue weighted by molar-refractivity contribution is -0.140. The molecule has 0 saturated heterocycles. The number of nitrogens with zero attached hydrogens (tertiary/aromatic N) is 2. The predicted octanol–water partition coefficient (Wildman–Crippen LogP) is 4.82. The van der Waals surface area contributed by atoms with Crippen molar-refractivity contribution in [3.8, 4) is 0 Å². The van der Waals surface area contributed by atoms with E-state index in [9.17, 15) is 14.7 Å². The molecule has 1 aromatic heterocycles. The van der Waals surface area contributed by atoms with Crippen molar-refractivity contribution in [1.29, 1.82) is 0 Å². The zero-order valence-electron chi connectivity index (χ0n) is 16.1. The number of hydrogen-bond donors (Lipinski definition) is 1. The molecule has 6 heteroatoms. The maximum absolute atomic E-state index is 12.7. The number of aliphatic carboxylic acids is 1. The molecule has 0 bridgehead atoms. The molecule has 3 aromatic rings. The minimum Gasteiger partial charge on any atom is -0.480 e. The Balaban J connectivity index is 2.03. The third-order valence-corrected chi connectivity index (χ3v) is 5.77. The fraction of sp³-hybridized carbons (Fsp3) is 0.318. The first-order chi connectivity index (χ1) is 13.5. The summed E-state index contributed by atoms with van der Waals surface area (Å²) in [6.45, 7) is 3.97. The van der Waals surface area contributed by atoms with E-state index in [1.165, 1.54) is 16.9 Å². The maximum Gasteiger partial charge on any atom is 0.326 e. The van der Waals surface area contributed by atoms with Gasteiger partial charge in [0.1, 0.15) is 6.04 Å². The summed E-state index contributed by atoms with van der Waals surface area (Å²) >= 11 is 1.33. The normalized spacial score (nSPS) is 13.0. The zero-order valence-corrected chi connectivity index (χ0v) is 16.9. The van der Waals surface area contributed by atoms with Gasteiger partial charge in [-0.25, -0.2) is 4.79 Å². The fourth-order valence-corrected chi connectivity index (χ4v) is 4.25. The molecule has 28 heavy (non-hydrogen) atoms. The van der Waals surface area contributed by atoms with Gasteiger partial charge in [-0.05, 0) is 49.1 Å². The largest absolute Gasteiger partial charge is 0.480 e. The van der Waals surface area contributed by atoms with E-state index in [-0.39, 0.29) is 5.91 Å². The highest BCUT2D eigenvalue weighted by Gasteiger charge is 2.22. The standard InChI is InChI=1S/C22H24N2O3S/c1-3-5-8-15-11-13-16(14-12-15)20(25)23-22-24(17(4-2)21(26)27)18-9-6-7-10-19(18)28-22/h6-7,9-14,17H,3-5,8H2,1-2H3,(H,26,27). The van der Waals surface area contributed by atoms with Crippen molar-refractivity contribution in [2.24, 2.45) is 4.99 Å². The molecule has 0 aliphatic rings. The fourth-order valence-electron chi connectivity index (χ4n) is 3.18. The van der Waals surface area contributed by atoms with Crippen molar-refractivity contribution in [3.63, 3.8) is 0 Å². The van der Waals surface area contributed by atoms with E-state index in [1.807, 2.05) is 43.3 Å². The average molecular weight is 397 g/mol. The van der Waals surface area contributed by atoms with E-state index in [1.54, 1.807) is 16.7 Å². The van der Waals surface area contributed by atoms with Crippen LogP contribution in [0.2, 0.25) is 0 Å². The highest BCUT2D eigenvalue weighted by molar-refractivity contribution is 7.16. The van der Waals surface area contributed by atoms with Crippen LogP contribution in [0.4, 0.5) is 0 Å². The third kappa shape index (κ3) is 4.22. The Labute approximate surface area is 168 Å². The first-order valence-electron chi connectivity index (χ1n) is 9.56. The second-order valence-corrected chi connectivity index (χ2v) is 7.71. The highest BCUT2D eigenvalue weighted by Crippen LogP contribution is 2.22. The van der Waals surface area contributed by atoms with Crippen LogP contribution in [0.25, 0.3) is 10.2 Å². The summed E-state index contributed by atoms with van der Waals surface area (Å²) in [4.78, 5) is 29.2. The van der Waals surface area contributed by atoms with Gasteiger partial charge in [-0.3, -0.25) is 4.79 Å². The molecular weight excluding hydrogens is 372 g/mol. The lowest BCUT2D eigenvalue weighted by Gasteiger charge is -2.13. The number of hydrogen-bond acceptors (Lipinski definition) is 3. The van der Waals surface area contributed by atoms with Crippen molar-refractivity contribution >= 4 is 33.4 Å². The van der Waals surface area contributed by atoms with Gasteiger partial charge in [0.2, 0.25) is 0 Å². The average Bonchev–Trinajstić information content (AvgIpc) is 3.05. The smallest absolute Gasteiger partial charge is 0.326 e. The number of fused-ring (bicyclic) bond motifs is 1. The number of thiazole rings is 1. The first-order valence-corrected chi connectivity index (χ1v) is 10.4. The molecule has 0 aliphatic carbocycles. The molecular formula is C22H24N2O3S. The predicted molar refractivity (Wildman–Crippen MR) is 112 cm³/mol. The number of carbonyl (C=O) groups is 2. The number of benzene rings is 2. The SMILES string of the molecule is CCCCc1ccc(C(=O)N=c2sc3ccccc3n2C(CC)C(=O)O)cc1. The van der Waals surface area contributed by atoms with Crippen LogP contribution in [-0.4, -0.2) is 21.6 Å². The van der Waals surface area contributed by atoms with Crippen molar-refractivity contribution in [2.75, 3.05) is 0 Å². The van der Waals surface area contributed by atoms with E-state index in [0.29, 0.717) is 16.8 Å². The molecule has 1 N–H and O–H groups in total. The second kappa shape index (κ2) is 8.97. The van der Waals surface area contributed by atoms with E-state index in [2.05, 4.69) is 11.9 Å². The topological polar surface area (TPSA) is 71.7 Å². The molecule has 3 rings (SSSR count). The number of carbonyl (C=O) groups excluding carboxylic acids is 1. The number of amides is 1. The van der Waals surface area contributed by atoms with E-state index >= 15 is 0 Å². The van der Waals surface area contributed by atoms with Crippen LogP contribution in [0.3, 0.4) is 0 Å². The molecule has 2 aromatic carbocycles. The van der Waals surface area contributed by atoms with Crippen molar-refractivity contribution in [3.05, 3.63) is 64.5 Å². The summed E-state index contributed by atoms with van der Waals surface area (Å²) in [5.41, 5.74) is 2.49. The Kier molecular flexibility index (Phi) is 6.41. The van der Waals surface area contributed by atoms with Crippen LogP contribution in [0.5, 0.6) is 0 Å². The van der Waals surface area contributed by atoms with Crippen LogP contribution in [-0.2, 0) is 11.2 Å². The van der Waals surface area contributed by atoms with Crippen LogP contribution in [0.15, 0.2) is 53.5 Å². The molecule has 0 saturated carbocycles. The molecule has 1 amide bonds. The Bertz CT molecular complexity index is 1050. The van der Waals surface area contributed by atoms with Crippen LogP contribution >= 0.6 is 11.3 Å². The minimum absolute atomic E-state index is 0.359. The number of aryl methyl sites for hydroxylation is 1. The van der Waals surface area contributed by atoms with Gasteiger partial charge in [-0.1, -0.05) is 55.9 Å². The Hall–Kier alpha value is -2.73. The minimum atomic E-state index is -0.930. The zero-order chi connectivity index (χ0) is 20.1. The summed E-state index contributed by atoms with van der Waals surface area (Å²) in [5.74, 6) is -1.29. The van der Waals surface area contributed by atoms with Gasteiger partial charge in [-0.15, -0.1) is 0 Å². The number of rotatable bonds is 7. The van der Waals surface area contributed by atoms with Gasteiger partial charge in [0.05, 0.1) is 10.2 Å². The molecule has 1 heterocycles. The Morgan fingerprint density at radius 1 is 1.11 bits per heavy atom. The monoisotopic (exact) mass is 396 g/mol. The number of carboxylic acid groups (broad SMARTS) is 1. The molecule has 0 radical (unpaired) electrons. The van der Waals surface area contributed by atoms with E-state index < -0.39 is 12.0 Å². The van der Waals surface area contributed by atoms with Crippen molar-refractivity contribution < 1.29 is 14.7 Å². The summed E-state index contributed by atoms with van der Waals surface area (Å²) in [6, 6.07) is 14.3. The molecule has 0 aliphatic heterocycles.